The number of hydrogen-bond donors (Lipinski definition) is 3. The van der Waals surface area contributed by atoms with Gasteiger partial charge in [-0.25, -0.2) is 15.0 Å². The molecule has 3 aromatic heterocycles. The molecule has 0 fully saturated rings. The van der Waals surface area contributed by atoms with Gasteiger partial charge in [-0.1, -0.05) is 0 Å². The molecule has 0 aromatic carbocycles. The van der Waals surface area contributed by atoms with Gasteiger partial charge in [-0.15, -0.1) is 16.4 Å². The van der Waals surface area contributed by atoms with Crippen molar-refractivity contribution in [2.45, 2.75) is 26.2 Å². The molecule has 8 nitrogen and oxygen atoms in total. The van der Waals surface area contributed by atoms with E-state index in [1.165, 1.54) is 6.26 Å². The first kappa shape index (κ1) is 18.9. The number of guanidine groups is 1. The number of rotatable bonds is 6. The maximum atomic E-state index is 12.6. The van der Waals surface area contributed by atoms with Gasteiger partial charge < -0.3 is 15.1 Å². The largest absolute Gasteiger partial charge is 0.461 e. The van der Waals surface area contributed by atoms with Gasteiger partial charge in [-0.05, 0) is 19.1 Å². The van der Waals surface area contributed by atoms with Crippen LogP contribution in [0.25, 0.3) is 11.6 Å². The van der Waals surface area contributed by atoms with Crippen molar-refractivity contribution in [3.05, 3.63) is 40.3 Å². The Morgan fingerprint density at radius 3 is 2.85 bits per heavy atom. The van der Waals surface area contributed by atoms with Gasteiger partial charge in [0.25, 0.3) is 0 Å². The highest BCUT2D eigenvalue weighted by atomic mass is 32.1. The number of alkyl halides is 3. The third-order valence-electron chi connectivity index (χ3n) is 3.25. The molecule has 144 valence electrons. The predicted molar refractivity (Wildman–Crippen MR) is 92.9 cm³/mol. The van der Waals surface area contributed by atoms with Crippen molar-refractivity contribution >= 4 is 17.3 Å². The van der Waals surface area contributed by atoms with E-state index < -0.39 is 11.9 Å². The monoisotopic (exact) mass is 399 g/mol. The number of H-pyrrole nitrogens is 1. The van der Waals surface area contributed by atoms with Crippen molar-refractivity contribution < 1.29 is 17.6 Å². The molecule has 0 aliphatic heterocycles. The molecule has 3 aromatic rings. The van der Waals surface area contributed by atoms with Crippen LogP contribution in [0.15, 0.2) is 33.2 Å². The van der Waals surface area contributed by atoms with Crippen LogP contribution in [0.1, 0.15) is 23.4 Å². The van der Waals surface area contributed by atoms with E-state index in [4.69, 9.17) is 4.42 Å². The van der Waals surface area contributed by atoms with Crippen LogP contribution in [0.5, 0.6) is 0 Å². The minimum atomic E-state index is -4.44. The van der Waals surface area contributed by atoms with Crippen LogP contribution in [0, 0.1) is 0 Å². The third-order valence-corrected chi connectivity index (χ3v) is 4.10. The van der Waals surface area contributed by atoms with E-state index in [1.807, 2.05) is 6.92 Å². The second-order valence-corrected chi connectivity index (χ2v) is 6.20. The number of furan rings is 1. The minimum Gasteiger partial charge on any atom is -0.461 e. The molecule has 0 atom stereocenters. The lowest BCUT2D eigenvalue weighted by Crippen LogP contribution is -2.36. The van der Waals surface area contributed by atoms with E-state index >= 15 is 0 Å². The summed E-state index contributed by atoms with van der Waals surface area (Å²) >= 11 is 0.937. The van der Waals surface area contributed by atoms with Crippen LogP contribution in [0.3, 0.4) is 0 Å². The topological polar surface area (TPSA) is 104 Å². The highest BCUT2D eigenvalue weighted by molar-refractivity contribution is 7.09. The average molecular weight is 399 g/mol. The van der Waals surface area contributed by atoms with Crippen molar-refractivity contribution in [1.82, 2.24) is 30.8 Å². The zero-order valence-electron chi connectivity index (χ0n) is 14.2. The van der Waals surface area contributed by atoms with Crippen LogP contribution in [0.2, 0.25) is 0 Å². The summed E-state index contributed by atoms with van der Waals surface area (Å²) in [6.07, 6.45) is -2.91. The van der Waals surface area contributed by atoms with Gasteiger partial charge in [-0.3, -0.25) is 5.10 Å². The van der Waals surface area contributed by atoms with E-state index in [0.717, 1.165) is 16.7 Å². The Hall–Kier alpha value is -2.89. The van der Waals surface area contributed by atoms with Crippen LogP contribution in [0.4, 0.5) is 13.2 Å². The highest BCUT2D eigenvalue weighted by Gasteiger charge is 2.33. The Bertz CT molecular complexity index is 886. The fourth-order valence-corrected chi connectivity index (χ4v) is 2.80. The summed E-state index contributed by atoms with van der Waals surface area (Å²) in [5, 5.41) is 14.1. The molecule has 3 heterocycles. The summed E-state index contributed by atoms with van der Waals surface area (Å²) in [4.78, 5) is 12.2. The van der Waals surface area contributed by atoms with Crippen molar-refractivity contribution in [2.75, 3.05) is 6.54 Å². The van der Waals surface area contributed by atoms with Crippen LogP contribution in [-0.4, -0.2) is 32.7 Å². The molecule has 12 heteroatoms. The van der Waals surface area contributed by atoms with E-state index in [-0.39, 0.29) is 13.1 Å². The zero-order valence-corrected chi connectivity index (χ0v) is 15.0. The van der Waals surface area contributed by atoms with Gasteiger partial charge in [0, 0.05) is 11.9 Å². The molecule has 0 bridgehead atoms. The predicted octanol–water partition coefficient (Wildman–Crippen LogP) is 2.80. The summed E-state index contributed by atoms with van der Waals surface area (Å²) < 4.78 is 43.0. The molecular formula is C15H16F3N7OS. The molecule has 3 rings (SSSR count). The maximum absolute atomic E-state index is 12.6. The van der Waals surface area contributed by atoms with Crippen LogP contribution in [-0.2, 0) is 19.3 Å². The minimum absolute atomic E-state index is 0.126. The second-order valence-electron chi connectivity index (χ2n) is 5.26. The first-order chi connectivity index (χ1) is 13.0. The Labute approximate surface area is 155 Å². The van der Waals surface area contributed by atoms with Crippen molar-refractivity contribution in [3.8, 4) is 11.6 Å². The Morgan fingerprint density at radius 2 is 2.19 bits per heavy atom. The van der Waals surface area contributed by atoms with Gasteiger partial charge in [0.2, 0.25) is 5.82 Å². The molecule has 0 saturated carbocycles. The number of thiazole rings is 1. The van der Waals surface area contributed by atoms with E-state index in [1.54, 1.807) is 12.1 Å². The molecule has 0 radical (unpaired) electrons. The van der Waals surface area contributed by atoms with Crippen molar-refractivity contribution in [2.24, 2.45) is 4.99 Å². The first-order valence-electron chi connectivity index (χ1n) is 7.94. The number of nitrogens with zero attached hydrogens (tertiary/aromatic N) is 4. The summed E-state index contributed by atoms with van der Waals surface area (Å²) in [6, 6.07) is 3.48. The molecule has 27 heavy (non-hydrogen) atoms. The van der Waals surface area contributed by atoms with E-state index in [2.05, 4.69) is 35.8 Å². The van der Waals surface area contributed by atoms with Gasteiger partial charge >= 0.3 is 6.18 Å². The molecule has 0 aliphatic rings. The second kappa shape index (κ2) is 8.20. The molecule has 0 amide bonds. The number of nitrogens with one attached hydrogen (secondary N) is 3. The quantitative estimate of drug-likeness (QED) is 0.435. The fourth-order valence-electron chi connectivity index (χ4n) is 2.06. The smallest absolute Gasteiger partial charge is 0.434 e. The standard InChI is InChI=1S/C15H16F3N7OS/c1-2-19-14(21-7-12-22-10(8-27-12)15(16,17)18)20-6-11-23-13(25-24-11)9-4-3-5-26-9/h3-5,8H,2,6-7H2,1H3,(H2,19,20,21)(H,23,24,25). The Kier molecular flexibility index (Phi) is 5.74. The summed E-state index contributed by atoms with van der Waals surface area (Å²) in [5.74, 6) is 1.91. The lowest BCUT2D eigenvalue weighted by atomic mass is 10.4. The summed E-state index contributed by atoms with van der Waals surface area (Å²) in [5.41, 5.74) is -0.890. The molecule has 0 unspecified atom stereocenters. The lowest BCUT2D eigenvalue weighted by molar-refractivity contribution is -0.140. The van der Waals surface area contributed by atoms with E-state index in [0.29, 0.717) is 34.9 Å². The number of aromatic nitrogens is 4. The molecule has 0 spiro atoms. The van der Waals surface area contributed by atoms with Gasteiger partial charge in [0.1, 0.15) is 17.4 Å². The Balaban J connectivity index is 1.60. The normalized spacial score (nSPS) is 12.4. The van der Waals surface area contributed by atoms with Gasteiger partial charge in [0.15, 0.2) is 17.4 Å². The van der Waals surface area contributed by atoms with Crippen molar-refractivity contribution in [1.29, 1.82) is 0 Å². The average Bonchev–Trinajstić information content (AvgIpc) is 3.38. The van der Waals surface area contributed by atoms with Crippen molar-refractivity contribution in [3.63, 3.8) is 0 Å². The molecule has 0 saturated heterocycles. The molecule has 3 N–H and O–H groups in total. The van der Waals surface area contributed by atoms with Gasteiger partial charge in [0.05, 0.1) is 12.8 Å². The zero-order chi connectivity index (χ0) is 19.3. The summed E-state index contributed by atoms with van der Waals surface area (Å²) in [7, 11) is 0. The third kappa shape index (κ3) is 5.06. The van der Waals surface area contributed by atoms with E-state index in [9.17, 15) is 13.2 Å². The Morgan fingerprint density at radius 1 is 1.33 bits per heavy atom. The van der Waals surface area contributed by atoms with Gasteiger partial charge in [-0.2, -0.15) is 13.2 Å². The molecular weight excluding hydrogens is 383 g/mol. The highest BCUT2D eigenvalue weighted by Crippen LogP contribution is 2.29. The summed E-state index contributed by atoms with van der Waals surface area (Å²) in [6.45, 7) is 2.80. The number of hydrogen-bond acceptors (Lipinski definition) is 6. The lowest BCUT2D eigenvalue weighted by Gasteiger charge is -2.09. The number of aromatic amines is 1. The van der Waals surface area contributed by atoms with Crippen LogP contribution >= 0.6 is 11.3 Å². The number of aliphatic imine (C=N–C) groups is 1. The maximum Gasteiger partial charge on any atom is 0.434 e. The number of halogens is 3. The SMILES string of the molecule is CCNC(=NCc1nc(-c2ccco2)n[nH]1)NCc1nc(C(F)(F)F)cs1. The fraction of sp³-hybridized carbons (Fsp3) is 0.333. The van der Waals surface area contributed by atoms with Crippen LogP contribution < -0.4 is 10.6 Å². The first-order valence-corrected chi connectivity index (χ1v) is 8.82. The molecule has 0 aliphatic carbocycles.